The number of carboxylic acid groups (broad SMARTS) is 1. The van der Waals surface area contributed by atoms with Gasteiger partial charge in [-0.25, -0.2) is 8.42 Å². The second-order valence-corrected chi connectivity index (χ2v) is 10.8. The molecule has 8 heteroatoms. The molecule has 162 valence electrons. The molecule has 0 amide bonds. The third-order valence-electron chi connectivity index (χ3n) is 5.45. The number of aryl methyl sites for hydroxylation is 1. The van der Waals surface area contributed by atoms with Gasteiger partial charge in [0.05, 0.1) is 24.0 Å². The number of methoxy groups -OCH3 is 1. The lowest BCUT2D eigenvalue weighted by molar-refractivity contribution is -0.143. The molecule has 0 saturated carbocycles. The molecule has 3 rings (SSSR count). The summed E-state index contributed by atoms with van der Waals surface area (Å²) in [4.78, 5) is 12.1. The predicted octanol–water partition coefficient (Wildman–Crippen LogP) is 3.96. The molecule has 0 aromatic heterocycles. The van der Waals surface area contributed by atoms with E-state index in [0.29, 0.717) is 12.2 Å². The molecule has 0 unspecified atom stereocenters. The van der Waals surface area contributed by atoms with Crippen molar-refractivity contribution in [1.82, 2.24) is 4.31 Å². The highest BCUT2D eigenvalue weighted by molar-refractivity contribution is 7.99. The summed E-state index contributed by atoms with van der Waals surface area (Å²) in [5, 5.41) is 9.64. The number of benzene rings is 2. The van der Waals surface area contributed by atoms with E-state index in [4.69, 9.17) is 4.74 Å². The van der Waals surface area contributed by atoms with Gasteiger partial charge in [-0.15, -0.1) is 0 Å². The molecule has 0 radical (unpaired) electrons. The van der Waals surface area contributed by atoms with Crippen molar-refractivity contribution in [1.29, 1.82) is 0 Å². The highest BCUT2D eigenvalue weighted by Crippen LogP contribution is 2.42. The summed E-state index contributed by atoms with van der Waals surface area (Å²) in [6, 6.07) is 13.5. The Morgan fingerprint density at radius 1 is 1.17 bits per heavy atom. The van der Waals surface area contributed by atoms with E-state index in [1.165, 1.54) is 4.31 Å². The summed E-state index contributed by atoms with van der Waals surface area (Å²) in [6.07, 6.45) is 0.437. The maximum atomic E-state index is 13.5. The van der Waals surface area contributed by atoms with Gasteiger partial charge in [-0.1, -0.05) is 36.8 Å². The van der Waals surface area contributed by atoms with Crippen LogP contribution in [0.5, 0.6) is 5.75 Å². The van der Waals surface area contributed by atoms with Crippen LogP contribution in [-0.4, -0.2) is 48.5 Å². The van der Waals surface area contributed by atoms with Crippen LogP contribution in [-0.2, 0) is 14.8 Å². The molecule has 0 spiro atoms. The van der Waals surface area contributed by atoms with Crippen molar-refractivity contribution >= 4 is 27.8 Å². The summed E-state index contributed by atoms with van der Waals surface area (Å²) in [6.45, 7) is 3.83. The first-order chi connectivity index (χ1) is 14.3. The molecule has 1 aliphatic heterocycles. The zero-order valence-corrected chi connectivity index (χ0v) is 18.9. The first kappa shape index (κ1) is 22.7. The van der Waals surface area contributed by atoms with Gasteiger partial charge in [0.1, 0.15) is 5.75 Å². The summed E-state index contributed by atoms with van der Waals surface area (Å²) < 4.78 is 33.7. The van der Waals surface area contributed by atoms with E-state index in [1.807, 2.05) is 26.0 Å². The van der Waals surface area contributed by atoms with Crippen molar-refractivity contribution in [3.8, 4) is 5.75 Å². The number of carbonyl (C=O) groups is 1. The Morgan fingerprint density at radius 2 is 1.80 bits per heavy atom. The van der Waals surface area contributed by atoms with E-state index < -0.39 is 28.0 Å². The van der Waals surface area contributed by atoms with Crippen LogP contribution >= 0.6 is 11.8 Å². The Morgan fingerprint density at radius 3 is 2.33 bits per heavy atom. The van der Waals surface area contributed by atoms with Gasteiger partial charge in [0, 0.05) is 11.8 Å². The number of sulfonamides is 1. The fourth-order valence-electron chi connectivity index (χ4n) is 3.82. The van der Waals surface area contributed by atoms with Crippen LogP contribution in [0.25, 0.3) is 0 Å². The Labute approximate surface area is 182 Å². The number of carboxylic acids is 1. The number of hydrogen-bond acceptors (Lipinski definition) is 5. The van der Waals surface area contributed by atoms with Crippen LogP contribution in [0, 0.1) is 12.8 Å². The summed E-state index contributed by atoms with van der Waals surface area (Å²) in [5.41, 5.74) is 1.79. The molecule has 1 N–H and O–H groups in total. The number of hydrogen-bond donors (Lipinski definition) is 1. The van der Waals surface area contributed by atoms with Gasteiger partial charge in [-0.3, -0.25) is 4.79 Å². The minimum absolute atomic E-state index is 0.0556. The van der Waals surface area contributed by atoms with Crippen LogP contribution in [0.15, 0.2) is 53.4 Å². The van der Waals surface area contributed by atoms with Crippen molar-refractivity contribution in [2.45, 2.75) is 36.5 Å². The van der Waals surface area contributed by atoms with E-state index in [-0.39, 0.29) is 16.7 Å². The standard InChI is InChI=1S/C22H27NO5S2/c1-4-29-21-13-20(16-7-9-17(28-3)10-8-16)23(14-19(21)22(24)25)30(26,27)18-11-5-15(2)6-12-18/h5-12,19-21H,4,13-14H2,1-3H3,(H,24,25)/t19-,20+,21-/m1/s1. The van der Waals surface area contributed by atoms with Gasteiger partial charge in [-0.2, -0.15) is 16.1 Å². The molecular weight excluding hydrogens is 422 g/mol. The first-order valence-electron chi connectivity index (χ1n) is 9.84. The molecular formula is C22H27NO5S2. The maximum Gasteiger partial charge on any atom is 0.308 e. The number of nitrogens with zero attached hydrogens (tertiary/aromatic N) is 1. The molecule has 2 aromatic rings. The SMILES string of the molecule is CCS[C@@H]1C[C@@H](c2ccc(OC)cc2)N(S(=O)(=O)c2ccc(C)cc2)C[C@H]1C(=O)O. The van der Waals surface area contributed by atoms with Crippen molar-refractivity contribution < 1.29 is 23.1 Å². The van der Waals surface area contributed by atoms with E-state index in [1.54, 1.807) is 55.3 Å². The molecule has 0 aliphatic carbocycles. The first-order valence-corrected chi connectivity index (χ1v) is 12.3. The lowest BCUT2D eigenvalue weighted by Crippen LogP contribution is -2.49. The zero-order chi connectivity index (χ0) is 21.9. The van der Waals surface area contributed by atoms with Crippen molar-refractivity contribution in [3.63, 3.8) is 0 Å². The Hall–Kier alpha value is -2.03. The molecule has 2 aromatic carbocycles. The molecule has 3 atom stereocenters. The third kappa shape index (κ3) is 4.66. The minimum Gasteiger partial charge on any atom is -0.497 e. The molecule has 1 fully saturated rings. The highest BCUT2D eigenvalue weighted by Gasteiger charge is 2.45. The van der Waals surface area contributed by atoms with E-state index >= 15 is 0 Å². The molecule has 0 bridgehead atoms. The van der Waals surface area contributed by atoms with E-state index in [9.17, 15) is 18.3 Å². The molecule has 30 heavy (non-hydrogen) atoms. The Balaban J connectivity index is 2.06. The van der Waals surface area contributed by atoms with Crippen LogP contribution in [0.4, 0.5) is 0 Å². The topological polar surface area (TPSA) is 83.9 Å². The zero-order valence-electron chi connectivity index (χ0n) is 17.3. The monoisotopic (exact) mass is 449 g/mol. The fraction of sp³-hybridized carbons (Fsp3) is 0.409. The molecule has 1 heterocycles. The highest BCUT2D eigenvalue weighted by atomic mass is 32.2. The summed E-state index contributed by atoms with van der Waals surface area (Å²) in [7, 11) is -2.29. The Kier molecular flexibility index (Phi) is 7.10. The van der Waals surface area contributed by atoms with Crippen LogP contribution in [0.2, 0.25) is 0 Å². The largest absolute Gasteiger partial charge is 0.497 e. The van der Waals surface area contributed by atoms with Gasteiger partial charge in [-0.05, 0) is 48.9 Å². The number of thioether (sulfide) groups is 1. The van der Waals surface area contributed by atoms with Gasteiger partial charge >= 0.3 is 5.97 Å². The summed E-state index contributed by atoms with van der Waals surface area (Å²) in [5.74, 6) is -0.262. The Bertz CT molecular complexity index is 974. The van der Waals surface area contributed by atoms with Crippen molar-refractivity contribution in [2.75, 3.05) is 19.4 Å². The number of ether oxygens (including phenoxy) is 1. The number of aliphatic carboxylic acids is 1. The summed E-state index contributed by atoms with van der Waals surface area (Å²) >= 11 is 1.58. The molecule has 1 aliphatic rings. The van der Waals surface area contributed by atoms with Crippen molar-refractivity contribution in [2.24, 2.45) is 5.92 Å². The number of rotatable bonds is 7. The smallest absolute Gasteiger partial charge is 0.308 e. The second-order valence-electron chi connectivity index (χ2n) is 7.35. The predicted molar refractivity (Wildman–Crippen MR) is 118 cm³/mol. The van der Waals surface area contributed by atoms with Gasteiger partial charge < -0.3 is 9.84 Å². The third-order valence-corrected chi connectivity index (χ3v) is 8.63. The van der Waals surface area contributed by atoms with Crippen molar-refractivity contribution in [3.05, 3.63) is 59.7 Å². The van der Waals surface area contributed by atoms with Gasteiger partial charge in [0.25, 0.3) is 0 Å². The average Bonchev–Trinajstić information content (AvgIpc) is 2.73. The molecule has 6 nitrogen and oxygen atoms in total. The lowest BCUT2D eigenvalue weighted by atomic mass is 9.90. The van der Waals surface area contributed by atoms with Crippen LogP contribution in [0.1, 0.15) is 30.5 Å². The minimum atomic E-state index is -3.87. The molecule has 1 saturated heterocycles. The van der Waals surface area contributed by atoms with E-state index in [0.717, 1.165) is 16.9 Å². The average molecular weight is 450 g/mol. The van der Waals surface area contributed by atoms with Gasteiger partial charge in [0.15, 0.2) is 0 Å². The normalized spacial score (nSPS) is 22.6. The van der Waals surface area contributed by atoms with Gasteiger partial charge in [0.2, 0.25) is 10.0 Å². The fourth-order valence-corrected chi connectivity index (χ4v) is 6.65. The maximum absolute atomic E-state index is 13.5. The van der Waals surface area contributed by atoms with Crippen LogP contribution in [0.3, 0.4) is 0 Å². The quantitative estimate of drug-likeness (QED) is 0.689. The lowest BCUT2D eigenvalue weighted by Gasteiger charge is -2.41. The van der Waals surface area contributed by atoms with E-state index in [2.05, 4.69) is 0 Å². The van der Waals surface area contributed by atoms with Crippen LogP contribution < -0.4 is 4.74 Å². The number of piperidine rings is 1. The second kappa shape index (κ2) is 9.41.